The first-order valence-electron chi connectivity index (χ1n) is 7.55. The number of likely N-dealkylation sites (N-methyl/N-ethyl adjacent to an activating group) is 1. The molecule has 0 spiro atoms. The van der Waals surface area contributed by atoms with Crippen LogP contribution in [0.25, 0.3) is 6.08 Å². The molecule has 2 rings (SSSR count). The third-order valence-corrected chi connectivity index (χ3v) is 4.06. The lowest BCUT2D eigenvalue weighted by Crippen LogP contribution is -2.51. The Morgan fingerprint density at radius 3 is 2.62 bits per heavy atom. The Labute approximate surface area is 126 Å². The van der Waals surface area contributed by atoms with Gasteiger partial charge >= 0.3 is 5.97 Å². The first-order valence-corrected chi connectivity index (χ1v) is 7.55. The summed E-state index contributed by atoms with van der Waals surface area (Å²) in [4.78, 5) is 15.5. The van der Waals surface area contributed by atoms with Crippen molar-refractivity contribution in [3.63, 3.8) is 0 Å². The maximum absolute atomic E-state index is 10.5. The normalized spacial score (nSPS) is 21.0. The molecule has 0 aliphatic carbocycles. The number of carbonyl (C=O) groups is 1. The van der Waals surface area contributed by atoms with E-state index >= 15 is 0 Å². The molecule has 1 unspecified atom stereocenters. The number of piperazine rings is 1. The van der Waals surface area contributed by atoms with E-state index in [1.807, 2.05) is 12.1 Å². The molecule has 114 valence electrons. The number of nitrogens with zero attached hydrogens (tertiary/aromatic N) is 2. The molecule has 0 aromatic heterocycles. The van der Waals surface area contributed by atoms with E-state index in [0.29, 0.717) is 6.04 Å². The minimum Gasteiger partial charge on any atom is -0.478 e. The molecule has 0 bridgehead atoms. The van der Waals surface area contributed by atoms with Gasteiger partial charge in [0.1, 0.15) is 0 Å². The largest absolute Gasteiger partial charge is 0.478 e. The number of hydrogen-bond donors (Lipinski definition) is 1. The number of benzene rings is 1. The first-order chi connectivity index (χ1) is 10.1. The number of carboxylic acid groups (broad SMARTS) is 1. The molecule has 1 aliphatic heterocycles. The van der Waals surface area contributed by atoms with E-state index in [0.717, 1.165) is 38.3 Å². The Kier molecular flexibility index (Phi) is 5.53. The fourth-order valence-electron chi connectivity index (χ4n) is 2.84. The summed E-state index contributed by atoms with van der Waals surface area (Å²) in [5.74, 6) is -0.915. The van der Waals surface area contributed by atoms with Crippen molar-refractivity contribution in [3.05, 3.63) is 41.5 Å². The SMILES string of the molecule is CCN1CCN(Cc2ccc(C=CC(=O)O)cc2)CC1C. The van der Waals surface area contributed by atoms with Gasteiger partial charge in [0.05, 0.1) is 0 Å². The maximum Gasteiger partial charge on any atom is 0.328 e. The fraction of sp³-hybridized carbons (Fsp3) is 0.471. The van der Waals surface area contributed by atoms with E-state index < -0.39 is 5.97 Å². The zero-order valence-corrected chi connectivity index (χ0v) is 12.8. The van der Waals surface area contributed by atoms with Crippen LogP contribution in [0.5, 0.6) is 0 Å². The van der Waals surface area contributed by atoms with Crippen LogP contribution in [0.1, 0.15) is 25.0 Å². The summed E-state index contributed by atoms with van der Waals surface area (Å²) in [6, 6.07) is 8.72. The molecular weight excluding hydrogens is 264 g/mol. The summed E-state index contributed by atoms with van der Waals surface area (Å²) in [6.07, 6.45) is 2.79. The molecule has 1 atom stereocenters. The van der Waals surface area contributed by atoms with E-state index in [-0.39, 0.29) is 0 Å². The molecule has 1 N–H and O–H groups in total. The zero-order valence-electron chi connectivity index (χ0n) is 12.8. The summed E-state index contributed by atoms with van der Waals surface area (Å²) >= 11 is 0. The molecule has 4 heteroatoms. The Balaban J connectivity index is 1.90. The maximum atomic E-state index is 10.5. The molecule has 0 amide bonds. The first kappa shape index (κ1) is 15.7. The lowest BCUT2D eigenvalue weighted by Gasteiger charge is -2.39. The molecule has 4 nitrogen and oxygen atoms in total. The minimum atomic E-state index is -0.915. The van der Waals surface area contributed by atoms with E-state index in [1.165, 1.54) is 11.6 Å². The molecule has 1 fully saturated rings. The van der Waals surface area contributed by atoms with Crippen LogP contribution < -0.4 is 0 Å². The average molecular weight is 288 g/mol. The van der Waals surface area contributed by atoms with Crippen molar-refractivity contribution < 1.29 is 9.90 Å². The molecule has 1 heterocycles. The van der Waals surface area contributed by atoms with E-state index in [1.54, 1.807) is 6.08 Å². The Morgan fingerprint density at radius 1 is 1.33 bits per heavy atom. The standard InChI is InChI=1S/C17H24N2O2/c1-3-19-11-10-18(12-14(19)2)13-16-6-4-15(5-7-16)8-9-17(20)21/h4-9,14H,3,10-13H2,1-2H3,(H,20,21). The van der Waals surface area contributed by atoms with Gasteiger partial charge in [0, 0.05) is 38.3 Å². The second kappa shape index (κ2) is 7.38. The highest BCUT2D eigenvalue weighted by Gasteiger charge is 2.21. The molecular formula is C17H24N2O2. The van der Waals surface area contributed by atoms with E-state index in [4.69, 9.17) is 5.11 Å². The summed E-state index contributed by atoms with van der Waals surface area (Å²) in [6.45, 7) is 9.94. The second-order valence-corrected chi connectivity index (χ2v) is 5.63. The smallest absolute Gasteiger partial charge is 0.328 e. The summed E-state index contributed by atoms with van der Waals surface area (Å²) in [7, 11) is 0. The van der Waals surface area contributed by atoms with Crippen molar-refractivity contribution in [3.8, 4) is 0 Å². The third-order valence-electron chi connectivity index (χ3n) is 4.06. The summed E-state index contributed by atoms with van der Waals surface area (Å²) in [5, 5.41) is 8.61. The van der Waals surface area contributed by atoms with Gasteiger partial charge in [0.2, 0.25) is 0 Å². The predicted molar refractivity (Wildman–Crippen MR) is 85.1 cm³/mol. The molecule has 1 aromatic carbocycles. The molecule has 1 aromatic rings. The number of hydrogen-bond acceptors (Lipinski definition) is 3. The van der Waals surface area contributed by atoms with Crippen molar-refractivity contribution in [2.75, 3.05) is 26.2 Å². The highest BCUT2D eigenvalue weighted by atomic mass is 16.4. The Hall–Kier alpha value is -1.65. The quantitative estimate of drug-likeness (QED) is 0.845. The molecule has 1 aliphatic rings. The predicted octanol–water partition coefficient (Wildman–Crippen LogP) is 2.31. The van der Waals surface area contributed by atoms with Crippen LogP contribution in [0, 0.1) is 0 Å². The monoisotopic (exact) mass is 288 g/mol. The number of carboxylic acids is 1. The molecule has 21 heavy (non-hydrogen) atoms. The van der Waals surface area contributed by atoms with Gasteiger partial charge in [-0.2, -0.15) is 0 Å². The molecule has 1 saturated heterocycles. The van der Waals surface area contributed by atoms with Crippen LogP contribution >= 0.6 is 0 Å². The van der Waals surface area contributed by atoms with E-state index in [9.17, 15) is 4.79 Å². The highest BCUT2D eigenvalue weighted by Crippen LogP contribution is 2.14. The average Bonchev–Trinajstić information content (AvgIpc) is 2.47. The van der Waals surface area contributed by atoms with Crippen molar-refractivity contribution >= 4 is 12.0 Å². The Morgan fingerprint density at radius 2 is 2.05 bits per heavy atom. The van der Waals surface area contributed by atoms with Gasteiger partial charge in [-0.25, -0.2) is 4.79 Å². The van der Waals surface area contributed by atoms with Gasteiger partial charge in [0.15, 0.2) is 0 Å². The van der Waals surface area contributed by atoms with Gasteiger partial charge in [-0.15, -0.1) is 0 Å². The van der Waals surface area contributed by atoms with Crippen molar-refractivity contribution in [1.82, 2.24) is 9.80 Å². The van der Waals surface area contributed by atoms with Crippen LogP contribution in [0.2, 0.25) is 0 Å². The number of rotatable bonds is 5. The lowest BCUT2D eigenvalue weighted by atomic mass is 10.1. The lowest BCUT2D eigenvalue weighted by molar-refractivity contribution is -0.131. The van der Waals surface area contributed by atoms with Crippen LogP contribution in [-0.4, -0.2) is 53.1 Å². The second-order valence-electron chi connectivity index (χ2n) is 5.63. The van der Waals surface area contributed by atoms with Crippen molar-refractivity contribution in [2.24, 2.45) is 0 Å². The number of aliphatic carboxylic acids is 1. The van der Waals surface area contributed by atoms with Crippen LogP contribution in [-0.2, 0) is 11.3 Å². The van der Waals surface area contributed by atoms with Crippen LogP contribution in [0.15, 0.2) is 30.3 Å². The topological polar surface area (TPSA) is 43.8 Å². The van der Waals surface area contributed by atoms with Crippen molar-refractivity contribution in [2.45, 2.75) is 26.4 Å². The minimum absolute atomic E-state index is 0.613. The van der Waals surface area contributed by atoms with Gasteiger partial charge in [-0.1, -0.05) is 31.2 Å². The van der Waals surface area contributed by atoms with Gasteiger partial charge in [-0.3, -0.25) is 9.80 Å². The van der Waals surface area contributed by atoms with Gasteiger partial charge in [-0.05, 0) is 30.7 Å². The van der Waals surface area contributed by atoms with Crippen LogP contribution in [0.4, 0.5) is 0 Å². The summed E-state index contributed by atoms with van der Waals surface area (Å²) < 4.78 is 0. The molecule has 0 saturated carbocycles. The van der Waals surface area contributed by atoms with Crippen LogP contribution in [0.3, 0.4) is 0 Å². The van der Waals surface area contributed by atoms with Gasteiger partial charge in [0.25, 0.3) is 0 Å². The third kappa shape index (κ3) is 4.69. The highest BCUT2D eigenvalue weighted by molar-refractivity contribution is 5.85. The molecule has 0 radical (unpaired) electrons. The summed E-state index contributed by atoms with van der Waals surface area (Å²) in [5.41, 5.74) is 2.20. The fourth-order valence-corrected chi connectivity index (χ4v) is 2.84. The van der Waals surface area contributed by atoms with E-state index in [2.05, 4.69) is 35.8 Å². The Bertz CT molecular complexity index is 496. The van der Waals surface area contributed by atoms with Gasteiger partial charge < -0.3 is 5.11 Å². The zero-order chi connectivity index (χ0) is 15.2. The van der Waals surface area contributed by atoms with Crippen molar-refractivity contribution in [1.29, 1.82) is 0 Å².